The van der Waals surface area contributed by atoms with Crippen LogP contribution in [0.3, 0.4) is 0 Å². The summed E-state index contributed by atoms with van der Waals surface area (Å²) in [5.74, 6) is 1.33. The fourth-order valence-corrected chi connectivity index (χ4v) is 8.58. The number of methoxy groups -OCH3 is 2. The highest BCUT2D eigenvalue weighted by atomic mass is 35.5. The van der Waals surface area contributed by atoms with Crippen molar-refractivity contribution in [3.05, 3.63) is 140 Å². The van der Waals surface area contributed by atoms with Crippen LogP contribution in [0.5, 0.6) is 17.2 Å². The molecule has 3 heterocycles. The number of amides is 2. The summed E-state index contributed by atoms with van der Waals surface area (Å²) in [5.41, 5.74) is 9.26. The van der Waals surface area contributed by atoms with Crippen molar-refractivity contribution in [2.75, 3.05) is 31.5 Å². The largest absolute Gasteiger partial charge is 0.497 e. The molecule has 6 aromatic carbocycles. The second kappa shape index (κ2) is 18.7. The molecule has 14 nitrogen and oxygen atoms in total. The predicted molar refractivity (Wildman–Crippen MR) is 255 cm³/mol. The van der Waals surface area contributed by atoms with E-state index in [1.54, 1.807) is 104 Å². The van der Waals surface area contributed by atoms with E-state index < -0.39 is 12.6 Å². The van der Waals surface area contributed by atoms with Crippen LogP contribution in [-0.4, -0.2) is 68.6 Å². The Labute approximate surface area is 385 Å². The second-order valence-corrected chi connectivity index (χ2v) is 16.8. The minimum absolute atomic E-state index is 0.221. The number of aromatic nitrogens is 5. The summed E-state index contributed by atoms with van der Waals surface area (Å²) in [6.45, 7) is 5.40. The molecule has 0 radical (unpaired) electrons. The third-order valence-electron chi connectivity index (χ3n) is 10.2. The van der Waals surface area contributed by atoms with E-state index in [-0.39, 0.29) is 11.8 Å². The number of rotatable bonds is 11. The smallest absolute Gasteiger partial charge is 0.341 e. The second-order valence-electron chi connectivity index (χ2n) is 14.8. The highest BCUT2D eigenvalue weighted by molar-refractivity contribution is 7.18. The van der Waals surface area contributed by atoms with E-state index in [2.05, 4.69) is 30.6 Å². The summed E-state index contributed by atoms with van der Waals surface area (Å²) in [5, 5.41) is 16.6. The summed E-state index contributed by atoms with van der Waals surface area (Å²) in [7, 11) is 3.10. The number of nitrogens with zero attached hydrogens (tertiary/aromatic N) is 3. The van der Waals surface area contributed by atoms with Crippen molar-refractivity contribution in [3.63, 3.8) is 0 Å². The van der Waals surface area contributed by atoms with E-state index in [9.17, 15) is 14.4 Å². The quantitative estimate of drug-likeness (QED) is 0.0833. The number of aromatic amines is 2. The first-order valence-electron chi connectivity index (χ1n) is 19.9. The Morgan fingerprint density at radius 3 is 1.74 bits per heavy atom. The maximum Gasteiger partial charge on any atom is 0.341 e. The number of ether oxygens (including phenoxy) is 3. The van der Waals surface area contributed by atoms with Gasteiger partial charge >= 0.3 is 5.97 Å². The third kappa shape index (κ3) is 9.87. The van der Waals surface area contributed by atoms with E-state index in [4.69, 9.17) is 47.5 Å². The standard InChI is InChI=1S/C26H22N4O4S.C22H17Cl2N3O3/c1-13-8-18(34-12-23(31)32)9-14(2)24(13)25-29-19-6-4-16(10-20(19)30-25)26(33)28-17-5-7-22-21(11-17)27-15(3)35-22;1-29-14-9-13(10-15(11-14)30-2)25-22(28)12-6-7-18-19(8-12)27-21(26-18)20-16(23)4-3-5-17(20)24/h4-11H,12H2,1-3H3,(H,28,33)(H,29,30)(H,31,32);3-11H,1-2H3,(H,25,28)(H,26,27). The van der Waals surface area contributed by atoms with E-state index >= 15 is 0 Å². The first-order valence-corrected chi connectivity index (χ1v) is 21.5. The van der Waals surface area contributed by atoms with Crippen LogP contribution in [0, 0.1) is 20.8 Å². The molecule has 0 unspecified atom stereocenters. The van der Waals surface area contributed by atoms with Crippen LogP contribution in [-0.2, 0) is 4.79 Å². The Bertz CT molecular complexity index is 3240. The number of carbonyl (C=O) groups excluding carboxylic acids is 2. The Morgan fingerprint density at radius 1 is 0.631 bits per heavy atom. The van der Waals surface area contributed by atoms with Gasteiger partial charge in [0.05, 0.1) is 67.1 Å². The summed E-state index contributed by atoms with van der Waals surface area (Å²) in [4.78, 5) is 56.7. The number of hydrogen-bond acceptors (Lipinski definition) is 10. The minimum atomic E-state index is -1.03. The average Bonchev–Trinajstić information content (AvgIpc) is 4.00. The van der Waals surface area contributed by atoms with Gasteiger partial charge in [0.2, 0.25) is 0 Å². The zero-order valence-electron chi connectivity index (χ0n) is 35.4. The number of aliphatic carboxylic acids is 1. The van der Waals surface area contributed by atoms with Crippen molar-refractivity contribution >= 4 is 96.0 Å². The first-order chi connectivity index (χ1) is 31.2. The number of nitrogens with one attached hydrogen (secondary N) is 4. The number of anilines is 2. The van der Waals surface area contributed by atoms with E-state index in [0.29, 0.717) is 78.0 Å². The number of fused-ring (bicyclic) bond motifs is 3. The highest BCUT2D eigenvalue weighted by Crippen LogP contribution is 2.35. The van der Waals surface area contributed by atoms with Crippen LogP contribution in [0.25, 0.3) is 55.1 Å². The zero-order valence-corrected chi connectivity index (χ0v) is 37.8. The summed E-state index contributed by atoms with van der Waals surface area (Å²) < 4.78 is 16.9. The number of halogens is 2. The van der Waals surface area contributed by atoms with Crippen molar-refractivity contribution in [3.8, 4) is 40.0 Å². The van der Waals surface area contributed by atoms with Gasteiger partial charge in [0.1, 0.15) is 28.9 Å². The average molecular weight is 929 g/mol. The molecule has 0 saturated heterocycles. The van der Waals surface area contributed by atoms with Crippen LogP contribution < -0.4 is 24.8 Å². The lowest BCUT2D eigenvalue weighted by molar-refractivity contribution is -0.139. The molecule has 0 aliphatic heterocycles. The van der Waals surface area contributed by atoms with Gasteiger partial charge in [-0.05, 0) is 111 Å². The zero-order chi connectivity index (χ0) is 45.9. The molecule has 0 spiro atoms. The van der Waals surface area contributed by atoms with Crippen LogP contribution >= 0.6 is 34.5 Å². The van der Waals surface area contributed by atoms with Crippen molar-refractivity contribution in [1.82, 2.24) is 24.9 Å². The molecule has 0 aliphatic rings. The fourth-order valence-electron chi connectivity index (χ4n) is 7.19. The van der Waals surface area contributed by atoms with Gasteiger partial charge in [-0.2, -0.15) is 0 Å². The number of hydrogen-bond donors (Lipinski definition) is 5. The van der Waals surface area contributed by atoms with Crippen LogP contribution in [0.4, 0.5) is 11.4 Å². The summed E-state index contributed by atoms with van der Waals surface area (Å²) in [6, 6.07) is 30.2. The molecule has 3 aromatic heterocycles. The van der Waals surface area contributed by atoms with Crippen molar-refractivity contribution < 1.29 is 33.7 Å². The molecule has 0 aliphatic carbocycles. The van der Waals surface area contributed by atoms with E-state index in [1.165, 1.54) is 0 Å². The Kier molecular flexibility index (Phi) is 12.7. The molecule has 0 bridgehead atoms. The number of carbonyl (C=O) groups is 3. The van der Waals surface area contributed by atoms with Gasteiger partial charge in [-0.1, -0.05) is 29.3 Å². The van der Waals surface area contributed by atoms with Gasteiger partial charge in [-0.3, -0.25) is 9.59 Å². The molecular weight excluding hydrogens is 890 g/mol. The van der Waals surface area contributed by atoms with Crippen molar-refractivity contribution in [1.29, 1.82) is 0 Å². The third-order valence-corrected chi connectivity index (χ3v) is 11.7. The number of H-pyrrole nitrogens is 2. The van der Waals surface area contributed by atoms with Crippen molar-refractivity contribution in [2.45, 2.75) is 20.8 Å². The van der Waals surface area contributed by atoms with Crippen LogP contribution in [0.1, 0.15) is 36.9 Å². The predicted octanol–water partition coefficient (Wildman–Crippen LogP) is 11.3. The van der Waals surface area contributed by atoms with E-state index in [0.717, 1.165) is 42.9 Å². The summed E-state index contributed by atoms with van der Waals surface area (Å²) in [6.07, 6.45) is 0. The van der Waals surface area contributed by atoms with E-state index in [1.807, 2.05) is 45.0 Å². The normalized spacial score (nSPS) is 11.0. The number of imidazole rings is 2. The van der Waals surface area contributed by atoms with Crippen LogP contribution in [0.2, 0.25) is 10.0 Å². The molecule has 2 amide bonds. The number of aryl methyl sites for hydroxylation is 3. The van der Waals surface area contributed by atoms with Crippen LogP contribution in [0.15, 0.2) is 103 Å². The van der Waals surface area contributed by atoms with Gasteiger partial charge < -0.3 is 39.9 Å². The maximum absolute atomic E-state index is 12.9. The lowest BCUT2D eigenvalue weighted by atomic mass is 10.0. The lowest BCUT2D eigenvalue weighted by Gasteiger charge is -2.11. The molecule has 0 atom stereocenters. The molecule has 328 valence electrons. The molecule has 5 N–H and O–H groups in total. The molecule has 9 aromatic rings. The topological polar surface area (TPSA) is 193 Å². The highest BCUT2D eigenvalue weighted by Gasteiger charge is 2.17. The van der Waals surface area contributed by atoms with Gasteiger partial charge in [-0.15, -0.1) is 11.3 Å². The Balaban J connectivity index is 0.000000179. The number of benzene rings is 6. The fraction of sp³-hybridized carbons (Fsp3) is 0.125. The minimum Gasteiger partial charge on any atom is -0.497 e. The molecule has 17 heteroatoms. The molecule has 0 saturated carbocycles. The Morgan fingerprint density at radius 2 is 1.18 bits per heavy atom. The van der Waals surface area contributed by atoms with Gasteiger partial charge in [0.15, 0.2) is 6.61 Å². The lowest BCUT2D eigenvalue weighted by Crippen LogP contribution is -2.12. The summed E-state index contributed by atoms with van der Waals surface area (Å²) >= 11 is 14.2. The molecule has 9 rings (SSSR count). The first kappa shape index (κ1) is 44.2. The maximum atomic E-state index is 12.9. The van der Waals surface area contributed by atoms with Gasteiger partial charge in [-0.25, -0.2) is 19.7 Å². The monoisotopic (exact) mass is 927 g/mol. The Hall–Kier alpha value is -7.46. The SMILES string of the molecule is COc1cc(NC(=O)c2ccc3nc(-c4c(Cl)cccc4Cl)[nH]c3c2)cc(OC)c1.Cc1nc2cc(NC(=O)c3ccc4nc(-c5c(C)cc(OCC(=O)O)cc5C)[nH]c4c3)ccc2s1. The number of thiazole rings is 1. The number of carboxylic acids is 1. The van der Waals surface area contributed by atoms with Gasteiger partial charge in [0, 0.05) is 46.3 Å². The van der Waals surface area contributed by atoms with Gasteiger partial charge in [0.25, 0.3) is 11.8 Å². The number of carboxylic acid groups (broad SMARTS) is 1. The van der Waals surface area contributed by atoms with Crippen molar-refractivity contribution in [2.24, 2.45) is 0 Å². The molecule has 65 heavy (non-hydrogen) atoms. The molecular formula is C48H39Cl2N7O7S. The molecule has 0 fully saturated rings.